The number of H-pyrrole nitrogens is 1. The first-order chi connectivity index (χ1) is 24.8. The molecule has 8 nitrogen and oxygen atoms in total. The summed E-state index contributed by atoms with van der Waals surface area (Å²) in [6.07, 6.45) is -8.36. The van der Waals surface area contributed by atoms with Crippen molar-refractivity contribution in [3.05, 3.63) is 154 Å². The predicted octanol–water partition coefficient (Wildman–Crippen LogP) is 7.99. The summed E-state index contributed by atoms with van der Waals surface area (Å²) in [6, 6.07) is 35.3. The number of esters is 1. The first-order valence-corrected chi connectivity index (χ1v) is 16.8. The number of aryl methyl sites for hydroxylation is 1. The third-order valence-electron chi connectivity index (χ3n) is 8.61. The molecule has 0 spiro atoms. The minimum absolute atomic E-state index is 0.00378. The average molecular weight is 701 g/mol. The Morgan fingerprint density at radius 2 is 1.31 bits per heavy atom. The van der Waals surface area contributed by atoms with Crippen LogP contribution in [0.3, 0.4) is 0 Å². The molecule has 51 heavy (non-hydrogen) atoms. The highest BCUT2D eigenvalue weighted by Crippen LogP contribution is 2.37. The molecule has 11 heteroatoms. The lowest BCUT2D eigenvalue weighted by atomic mass is 10.0. The maximum absolute atomic E-state index is 14.3. The topological polar surface area (TPSA) is 91.9 Å². The standard InChI is InChI=1S/C40H39F3N2O6/c1-2-27-18-20-28(21-19-27)22-32-36(40(41,42)43)44-45-37(32)51-39-35(48-25-30-14-8-4-9-15-30)33(47-24-29-12-6-3-7-13-29)23-34(50-39)38(46)49-26-31-16-10-5-11-17-31/h3-21,33-35,39H,2,22-26H2,1H3,(H,44,45)/t33-,34-,35+,39-/m0/s1. The van der Waals surface area contributed by atoms with Crippen LogP contribution in [0.25, 0.3) is 0 Å². The Balaban J connectivity index is 1.32. The molecular weight excluding hydrogens is 661 g/mol. The van der Waals surface area contributed by atoms with E-state index in [2.05, 4.69) is 10.2 Å². The van der Waals surface area contributed by atoms with Crippen LogP contribution in [0, 0.1) is 0 Å². The molecular formula is C40H39F3N2O6. The molecule has 266 valence electrons. The van der Waals surface area contributed by atoms with Crippen molar-refractivity contribution in [2.45, 2.75) is 76.8 Å². The van der Waals surface area contributed by atoms with Crippen molar-refractivity contribution in [3.63, 3.8) is 0 Å². The summed E-state index contributed by atoms with van der Waals surface area (Å²) in [4.78, 5) is 13.5. The Labute approximate surface area is 294 Å². The van der Waals surface area contributed by atoms with Gasteiger partial charge in [0, 0.05) is 12.8 Å². The van der Waals surface area contributed by atoms with Crippen molar-refractivity contribution in [3.8, 4) is 5.88 Å². The molecule has 0 unspecified atom stereocenters. The molecule has 4 aromatic carbocycles. The van der Waals surface area contributed by atoms with Gasteiger partial charge in [0.15, 0.2) is 6.10 Å². The van der Waals surface area contributed by atoms with E-state index in [1.807, 2.05) is 110 Å². The molecule has 5 aromatic rings. The predicted molar refractivity (Wildman–Crippen MR) is 182 cm³/mol. The van der Waals surface area contributed by atoms with Gasteiger partial charge in [-0.3, -0.25) is 5.10 Å². The Hall–Kier alpha value is -4.97. The van der Waals surface area contributed by atoms with Gasteiger partial charge in [0.25, 0.3) is 0 Å². The summed E-state index contributed by atoms with van der Waals surface area (Å²) in [5, 5.41) is 6.09. The number of halogens is 3. The quantitative estimate of drug-likeness (QED) is 0.118. The molecule has 0 aliphatic carbocycles. The number of alkyl halides is 3. The maximum atomic E-state index is 14.3. The number of nitrogens with one attached hydrogen (secondary N) is 1. The summed E-state index contributed by atoms with van der Waals surface area (Å²) < 4.78 is 73.7. The molecule has 6 rings (SSSR count). The Morgan fingerprint density at radius 3 is 1.88 bits per heavy atom. The summed E-state index contributed by atoms with van der Waals surface area (Å²) in [6.45, 7) is 2.30. The lowest BCUT2D eigenvalue weighted by Gasteiger charge is -2.40. The van der Waals surface area contributed by atoms with Gasteiger partial charge < -0.3 is 23.7 Å². The molecule has 1 aliphatic heterocycles. The van der Waals surface area contributed by atoms with Crippen LogP contribution in [0.4, 0.5) is 13.2 Å². The number of carbonyl (C=O) groups is 1. The van der Waals surface area contributed by atoms with Crippen LogP contribution in [-0.4, -0.2) is 40.8 Å². The van der Waals surface area contributed by atoms with Gasteiger partial charge in [-0.2, -0.15) is 13.2 Å². The van der Waals surface area contributed by atoms with Gasteiger partial charge >= 0.3 is 12.1 Å². The zero-order valence-corrected chi connectivity index (χ0v) is 28.1. The third-order valence-corrected chi connectivity index (χ3v) is 8.61. The third kappa shape index (κ3) is 9.63. The normalized spacial score (nSPS) is 19.1. The van der Waals surface area contributed by atoms with Crippen LogP contribution in [0.2, 0.25) is 0 Å². The molecule has 1 fully saturated rings. The number of hydrogen-bond donors (Lipinski definition) is 1. The SMILES string of the molecule is CCc1ccc(Cc2c(O[C@@H]3O[C@H](C(=O)OCc4ccccc4)C[C@H](OCc4ccccc4)[C@H]3OCc3ccccc3)n[nH]c2C(F)(F)F)cc1. The van der Waals surface area contributed by atoms with Crippen molar-refractivity contribution in [2.24, 2.45) is 0 Å². The summed E-state index contributed by atoms with van der Waals surface area (Å²) in [5.74, 6) is -0.989. The van der Waals surface area contributed by atoms with Gasteiger partial charge in [-0.05, 0) is 34.2 Å². The van der Waals surface area contributed by atoms with Gasteiger partial charge in [-0.1, -0.05) is 122 Å². The number of rotatable bonds is 14. The lowest BCUT2D eigenvalue weighted by Crippen LogP contribution is -2.55. The fraction of sp³-hybridized carbons (Fsp3) is 0.300. The van der Waals surface area contributed by atoms with E-state index in [0.717, 1.165) is 28.7 Å². The number of hydrogen-bond acceptors (Lipinski definition) is 7. The van der Waals surface area contributed by atoms with Gasteiger partial charge in [-0.25, -0.2) is 4.79 Å². The number of ether oxygens (including phenoxy) is 5. The highest BCUT2D eigenvalue weighted by Gasteiger charge is 2.46. The van der Waals surface area contributed by atoms with Crippen molar-refractivity contribution < 1.29 is 41.7 Å². The Kier molecular flexibility index (Phi) is 11.8. The molecule has 0 amide bonds. The second kappa shape index (κ2) is 16.8. The van der Waals surface area contributed by atoms with E-state index in [-0.39, 0.29) is 44.1 Å². The van der Waals surface area contributed by atoms with Crippen LogP contribution in [0.15, 0.2) is 115 Å². The second-order valence-electron chi connectivity index (χ2n) is 12.3. The van der Waals surface area contributed by atoms with E-state index in [0.29, 0.717) is 5.56 Å². The molecule has 0 bridgehead atoms. The van der Waals surface area contributed by atoms with Crippen LogP contribution in [0.1, 0.15) is 52.4 Å². The van der Waals surface area contributed by atoms with Crippen LogP contribution in [0.5, 0.6) is 5.88 Å². The van der Waals surface area contributed by atoms with E-state index in [9.17, 15) is 18.0 Å². The lowest BCUT2D eigenvalue weighted by molar-refractivity contribution is -0.263. The zero-order chi connectivity index (χ0) is 35.6. The smallest absolute Gasteiger partial charge is 0.433 e. The van der Waals surface area contributed by atoms with Gasteiger partial charge in [0.05, 0.1) is 24.9 Å². The number of benzene rings is 4. The van der Waals surface area contributed by atoms with Gasteiger partial charge in [-0.15, -0.1) is 5.10 Å². The molecule has 0 radical (unpaired) electrons. The maximum Gasteiger partial charge on any atom is 0.433 e. The first-order valence-electron chi connectivity index (χ1n) is 16.8. The van der Waals surface area contributed by atoms with Crippen LogP contribution < -0.4 is 4.74 Å². The summed E-state index contributed by atoms with van der Waals surface area (Å²) >= 11 is 0. The Morgan fingerprint density at radius 1 is 0.765 bits per heavy atom. The van der Waals surface area contributed by atoms with Crippen molar-refractivity contribution in [1.82, 2.24) is 10.2 Å². The molecule has 1 aromatic heterocycles. The minimum Gasteiger partial charge on any atom is -0.459 e. The summed E-state index contributed by atoms with van der Waals surface area (Å²) in [7, 11) is 0. The van der Waals surface area contributed by atoms with Crippen molar-refractivity contribution in [1.29, 1.82) is 0 Å². The Bertz CT molecular complexity index is 1820. The molecule has 0 saturated carbocycles. The van der Waals surface area contributed by atoms with Gasteiger partial charge in [0.2, 0.25) is 12.2 Å². The number of carbonyl (C=O) groups excluding carboxylic acids is 1. The van der Waals surface area contributed by atoms with E-state index >= 15 is 0 Å². The zero-order valence-electron chi connectivity index (χ0n) is 28.1. The van der Waals surface area contributed by atoms with E-state index < -0.39 is 42.4 Å². The molecule has 1 aliphatic rings. The summed E-state index contributed by atoms with van der Waals surface area (Å²) in [5.41, 5.74) is 2.96. The monoisotopic (exact) mass is 700 g/mol. The minimum atomic E-state index is -4.74. The first kappa shape index (κ1) is 35.8. The van der Waals surface area contributed by atoms with E-state index in [4.69, 9.17) is 23.7 Å². The molecule has 2 heterocycles. The van der Waals surface area contributed by atoms with Gasteiger partial charge in [0.1, 0.15) is 18.4 Å². The number of aromatic nitrogens is 2. The van der Waals surface area contributed by atoms with E-state index in [1.165, 1.54) is 0 Å². The number of aromatic amines is 1. The fourth-order valence-electron chi connectivity index (χ4n) is 5.83. The number of nitrogens with zero attached hydrogens (tertiary/aromatic N) is 1. The molecule has 4 atom stereocenters. The average Bonchev–Trinajstić information content (AvgIpc) is 3.56. The fourth-order valence-corrected chi connectivity index (χ4v) is 5.83. The molecule has 1 saturated heterocycles. The largest absolute Gasteiger partial charge is 0.459 e. The second-order valence-corrected chi connectivity index (χ2v) is 12.3. The van der Waals surface area contributed by atoms with Crippen molar-refractivity contribution >= 4 is 5.97 Å². The highest BCUT2D eigenvalue weighted by molar-refractivity contribution is 5.75. The van der Waals surface area contributed by atoms with E-state index in [1.54, 1.807) is 12.1 Å². The van der Waals surface area contributed by atoms with Crippen molar-refractivity contribution in [2.75, 3.05) is 0 Å². The molecule has 1 N–H and O–H groups in total. The van der Waals surface area contributed by atoms with Crippen LogP contribution >= 0.6 is 0 Å². The van der Waals surface area contributed by atoms with Crippen LogP contribution in [-0.2, 0) is 62.6 Å². The highest BCUT2D eigenvalue weighted by atomic mass is 19.4.